The van der Waals surface area contributed by atoms with Gasteiger partial charge in [-0.05, 0) is 38.1 Å². The Hall–Kier alpha value is -1.59. The molecule has 1 aliphatic rings. The Morgan fingerprint density at radius 1 is 1.40 bits per heavy atom. The number of benzene rings is 1. The molecule has 1 saturated heterocycles. The first-order valence-electron chi connectivity index (χ1n) is 6.92. The number of aliphatic hydroxyl groups excluding tert-OH is 1. The highest BCUT2D eigenvalue weighted by molar-refractivity contribution is 5.94. The molecule has 0 spiro atoms. The number of aliphatic hydroxyl groups is 1. The first-order valence-corrected chi connectivity index (χ1v) is 6.92. The minimum atomic E-state index is -0.301. The molecule has 0 radical (unpaired) electrons. The first-order chi connectivity index (χ1) is 9.63. The minimum Gasteiger partial charge on any atom is -0.494 e. The molecule has 1 aromatic carbocycles. The number of hydrogen-bond acceptors (Lipinski definition) is 4. The van der Waals surface area contributed by atoms with Crippen molar-refractivity contribution in [3.8, 4) is 5.75 Å². The highest BCUT2D eigenvalue weighted by Gasteiger charge is 2.28. The van der Waals surface area contributed by atoms with Crippen molar-refractivity contribution in [3.05, 3.63) is 29.8 Å². The van der Waals surface area contributed by atoms with Gasteiger partial charge in [0.2, 0.25) is 0 Å². The predicted molar refractivity (Wildman–Crippen MR) is 74.9 cm³/mol. The van der Waals surface area contributed by atoms with E-state index in [1.54, 1.807) is 29.2 Å². The summed E-state index contributed by atoms with van der Waals surface area (Å²) >= 11 is 0. The quantitative estimate of drug-likeness (QED) is 0.902. The van der Waals surface area contributed by atoms with Gasteiger partial charge in [-0.15, -0.1) is 0 Å². The van der Waals surface area contributed by atoms with Crippen molar-refractivity contribution < 1.29 is 19.4 Å². The Labute approximate surface area is 119 Å². The summed E-state index contributed by atoms with van der Waals surface area (Å²) in [6, 6.07) is 7.12. The molecular weight excluding hydrogens is 258 g/mol. The lowest BCUT2D eigenvalue weighted by Crippen LogP contribution is -2.50. The van der Waals surface area contributed by atoms with E-state index < -0.39 is 0 Å². The summed E-state index contributed by atoms with van der Waals surface area (Å²) in [6.45, 7) is 5.32. The van der Waals surface area contributed by atoms with E-state index in [2.05, 4.69) is 0 Å². The lowest BCUT2D eigenvalue weighted by Gasteiger charge is -2.36. The number of carbonyl (C=O) groups excluding carboxylic acids is 1. The van der Waals surface area contributed by atoms with Gasteiger partial charge in [-0.2, -0.15) is 0 Å². The second kappa shape index (κ2) is 6.72. The second-order valence-corrected chi connectivity index (χ2v) is 4.92. The highest BCUT2D eigenvalue weighted by Crippen LogP contribution is 2.17. The van der Waals surface area contributed by atoms with Gasteiger partial charge in [0, 0.05) is 18.7 Å². The summed E-state index contributed by atoms with van der Waals surface area (Å²) in [7, 11) is 0. The summed E-state index contributed by atoms with van der Waals surface area (Å²) in [6.07, 6.45) is -0.363. The van der Waals surface area contributed by atoms with E-state index in [1.807, 2.05) is 13.8 Å². The van der Waals surface area contributed by atoms with Gasteiger partial charge >= 0.3 is 0 Å². The van der Waals surface area contributed by atoms with E-state index in [-0.39, 0.29) is 24.7 Å². The fourth-order valence-corrected chi connectivity index (χ4v) is 2.35. The Balaban J connectivity index is 2.06. The van der Waals surface area contributed by atoms with Crippen molar-refractivity contribution in [3.63, 3.8) is 0 Å². The average molecular weight is 279 g/mol. The summed E-state index contributed by atoms with van der Waals surface area (Å²) in [5, 5.41) is 9.19. The van der Waals surface area contributed by atoms with Crippen LogP contribution in [-0.2, 0) is 4.74 Å². The van der Waals surface area contributed by atoms with Crippen LogP contribution in [0, 0.1) is 0 Å². The maximum atomic E-state index is 12.4. The van der Waals surface area contributed by atoms with E-state index in [9.17, 15) is 9.90 Å². The summed E-state index contributed by atoms with van der Waals surface area (Å²) in [4.78, 5) is 14.2. The number of amides is 1. The van der Waals surface area contributed by atoms with E-state index >= 15 is 0 Å². The molecule has 0 bridgehead atoms. The van der Waals surface area contributed by atoms with Crippen LogP contribution in [-0.4, -0.2) is 54.4 Å². The molecule has 1 aliphatic heterocycles. The molecule has 1 aromatic rings. The molecule has 1 N–H and O–H groups in total. The number of ether oxygens (including phenoxy) is 2. The van der Waals surface area contributed by atoms with Crippen LogP contribution in [0.3, 0.4) is 0 Å². The zero-order chi connectivity index (χ0) is 14.5. The van der Waals surface area contributed by atoms with E-state index in [0.717, 1.165) is 5.75 Å². The van der Waals surface area contributed by atoms with Crippen LogP contribution >= 0.6 is 0 Å². The Morgan fingerprint density at radius 3 is 2.70 bits per heavy atom. The predicted octanol–water partition coefficient (Wildman–Crippen LogP) is 1.31. The van der Waals surface area contributed by atoms with Crippen LogP contribution in [0.2, 0.25) is 0 Å². The molecule has 110 valence electrons. The van der Waals surface area contributed by atoms with Gasteiger partial charge in [0.1, 0.15) is 5.75 Å². The Kier molecular flexibility index (Phi) is 4.98. The largest absolute Gasteiger partial charge is 0.494 e. The molecule has 2 unspecified atom stereocenters. The molecule has 1 fully saturated rings. The van der Waals surface area contributed by atoms with Gasteiger partial charge in [0.05, 0.1) is 25.4 Å². The third kappa shape index (κ3) is 3.49. The first kappa shape index (κ1) is 14.8. The van der Waals surface area contributed by atoms with Crippen molar-refractivity contribution >= 4 is 5.91 Å². The third-order valence-electron chi connectivity index (χ3n) is 3.23. The number of carbonyl (C=O) groups is 1. The molecule has 5 nitrogen and oxygen atoms in total. The van der Waals surface area contributed by atoms with Gasteiger partial charge in [0.15, 0.2) is 0 Å². The molecule has 1 heterocycles. The zero-order valence-electron chi connectivity index (χ0n) is 11.9. The van der Waals surface area contributed by atoms with Gasteiger partial charge < -0.3 is 19.5 Å². The molecule has 0 aliphatic carbocycles. The lowest BCUT2D eigenvalue weighted by molar-refractivity contribution is -0.0858. The van der Waals surface area contributed by atoms with Crippen LogP contribution in [0.15, 0.2) is 24.3 Å². The SMILES string of the molecule is CCOc1ccc(C(=O)N2CC(C)OC(CO)C2)cc1. The zero-order valence-corrected chi connectivity index (χ0v) is 11.9. The second-order valence-electron chi connectivity index (χ2n) is 4.92. The molecule has 20 heavy (non-hydrogen) atoms. The van der Waals surface area contributed by atoms with Crippen molar-refractivity contribution in [2.75, 3.05) is 26.3 Å². The third-order valence-corrected chi connectivity index (χ3v) is 3.23. The number of morpholine rings is 1. The fourth-order valence-electron chi connectivity index (χ4n) is 2.35. The van der Waals surface area contributed by atoms with Gasteiger partial charge in [-0.3, -0.25) is 4.79 Å². The minimum absolute atomic E-state index is 0.0401. The maximum absolute atomic E-state index is 12.4. The van der Waals surface area contributed by atoms with E-state index in [0.29, 0.717) is 25.3 Å². The number of hydrogen-bond donors (Lipinski definition) is 1. The van der Waals surface area contributed by atoms with Crippen LogP contribution in [0.1, 0.15) is 24.2 Å². The standard InChI is InChI=1S/C15H21NO4/c1-3-19-13-6-4-12(5-7-13)15(18)16-8-11(2)20-14(9-16)10-17/h4-7,11,14,17H,3,8-10H2,1-2H3. The van der Waals surface area contributed by atoms with Crippen molar-refractivity contribution in [2.45, 2.75) is 26.1 Å². The highest BCUT2D eigenvalue weighted by atomic mass is 16.5. The van der Waals surface area contributed by atoms with Crippen LogP contribution in [0.4, 0.5) is 0 Å². The topological polar surface area (TPSA) is 59.0 Å². The van der Waals surface area contributed by atoms with Gasteiger partial charge in [0.25, 0.3) is 5.91 Å². The number of nitrogens with zero attached hydrogens (tertiary/aromatic N) is 1. The molecule has 5 heteroatoms. The summed E-state index contributed by atoms with van der Waals surface area (Å²) in [5.41, 5.74) is 0.624. The van der Waals surface area contributed by atoms with Gasteiger partial charge in [-0.25, -0.2) is 0 Å². The maximum Gasteiger partial charge on any atom is 0.254 e. The summed E-state index contributed by atoms with van der Waals surface area (Å²) in [5.74, 6) is 0.717. The van der Waals surface area contributed by atoms with Crippen LogP contribution in [0.5, 0.6) is 5.75 Å². The van der Waals surface area contributed by atoms with Gasteiger partial charge in [-0.1, -0.05) is 0 Å². The Morgan fingerprint density at radius 2 is 2.10 bits per heavy atom. The molecule has 1 amide bonds. The molecule has 0 aromatic heterocycles. The summed E-state index contributed by atoms with van der Waals surface area (Å²) < 4.78 is 10.9. The molecular formula is C15H21NO4. The lowest BCUT2D eigenvalue weighted by atomic mass is 10.1. The van der Waals surface area contributed by atoms with Crippen LogP contribution in [0.25, 0.3) is 0 Å². The molecule has 2 atom stereocenters. The monoisotopic (exact) mass is 279 g/mol. The van der Waals surface area contributed by atoms with E-state index in [4.69, 9.17) is 9.47 Å². The van der Waals surface area contributed by atoms with Crippen molar-refractivity contribution in [1.29, 1.82) is 0 Å². The average Bonchev–Trinajstić information content (AvgIpc) is 2.47. The Bertz CT molecular complexity index is 446. The van der Waals surface area contributed by atoms with Crippen molar-refractivity contribution in [2.24, 2.45) is 0 Å². The fraction of sp³-hybridized carbons (Fsp3) is 0.533. The molecule has 0 saturated carbocycles. The van der Waals surface area contributed by atoms with E-state index in [1.165, 1.54) is 0 Å². The van der Waals surface area contributed by atoms with Crippen LogP contribution < -0.4 is 4.74 Å². The number of rotatable bonds is 4. The smallest absolute Gasteiger partial charge is 0.254 e. The van der Waals surface area contributed by atoms with Crippen molar-refractivity contribution in [1.82, 2.24) is 4.90 Å². The molecule has 2 rings (SSSR count). The normalized spacial score (nSPS) is 22.6.